The molecule has 1 aromatic heterocycles. The number of nitrogens with zero attached hydrogens (tertiary/aromatic N) is 4. The molecule has 2 fully saturated rings. The largest absolute Gasteiger partial charge is 0.377 e. The number of hydrogen-bond donors (Lipinski definition) is 0. The molecule has 6 nitrogen and oxygen atoms in total. The third-order valence-corrected chi connectivity index (χ3v) is 5.49. The molecule has 0 saturated carbocycles. The van der Waals surface area contributed by atoms with E-state index in [4.69, 9.17) is 4.74 Å². The molecule has 2 saturated heterocycles. The Labute approximate surface area is 160 Å². The highest BCUT2D eigenvalue weighted by molar-refractivity contribution is 5.78. The fourth-order valence-electron chi connectivity index (χ4n) is 3.95. The lowest BCUT2D eigenvalue weighted by Crippen LogP contribution is -2.38. The van der Waals surface area contributed by atoms with Crippen molar-refractivity contribution in [1.29, 1.82) is 0 Å². The minimum absolute atomic E-state index is 0.223. The van der Waals surface area contributed by atoms with Gasteiger partial charge in [0.25, 0.3) is 0 Å². The Balaban J connectivity index is 1.29. The summed E-state index contributed by atoms with van der Waals surface area (Å²) in [6.45, 7) is 5.59. The first-order valence-corrected chi connectivity index (χ1v) is 9.98. The SMILES string of the molecule is O=C(Cc1ccc(-n2cccn2)cc1)N1CCCN(CC2CCCO2)CC1. The first kappa shape index (κ1) is 18.2. The second-order valence-corrected chi connectivity index (χ2v) is 7.46. The number of benzene rings is 1. The maximum absolute atomic E-state index is 12.8. The van der Waals surface area contributed by atoms with Crippen LogP contribution in [0.5, 0.6) is 0 Å². The molecule has 0 aliphatic carbocycles. The smallest absolute Gasteiger partial charge is 0.227 e. The first-order valence-electron chi connectivity index (χ1n) is 9.98. The van der Waals surface area contributed by atoms with Gasteiger partial charge in [-0.15, -0.1) is 0 Å². The van der Waals surface area contributed by atoms with Crippen molar-refractivity contribution < 1.29 is 9.53 Å². The molecule has 3 heterocycles. The molecule has 0 spiro atoms. The van der Waals surface area contributed by atoms with Crippen molar-refractivity contribution in [2.24, 2.45) is 0 Å². The Morgan fingerprint density at radius 2 is 2.00 bits per heavy atom. The van der Waals surface area contributed by atoms with Gasteiger partial charge in [0.2, 0.25) is 5.91 Å². The summed E-state index contributed by atoms with van der Waals surface area (Å²) in [4.78, 5) is 17.2. The monoisotopic (exact) mass is 368 g/mol. The normalized spacial score (nSPS) is 21.3. The summed E-state index contributed by atoms with van der Waals surface area (Å²) in [5, 5.41) is 4.23. The van der Waals surface area contributed by atoms with Gasteiger partial charge in [0.05, 0.1) is 18.2 Å². The molecule has 2 aliphatic rings. The molecule has 1 unspecified atom stereocenters. The van der Waals surface area contributed by atoms with Gasteiger partial charge in [-0.05, 0) is 49.6 Å². The molecule has 0 radical (unpaired) electrons. The topological polar surface area (TPSA) is 50.6 Å². The van der Waals surface area contributed by atoms with E-state index in [-0.39, 0.29) is 5.91 Å². The van der Waals surface area contributed by atoms with E-state index < -0.39 is 0 Å². The third kappa shape index (κ3) is 4.76. The van der Waals surface area contributed by atoms with E-state index in [2.05, 4.69) is 10.00 Å². The van der Waals surface area contributed by atoms with Crippen molar-refractivity contribution in [3.8, 4) is 5.69 Å². The van der Waals surface area contributed by atoms with E-state index in [0.29, 0.717) is 12.5 Å². The molecule has 0 N–H and O–H groups in total. The number of carbonyl (C=O) groups excluding carboxylic acids is 1. The van der Waals surface area contributed by atoms with Gasteiger partial charge >= 0.3 is 0 Å². The summed E-state index contributed by atoms with van der Waals surface area (Å²) in [5.41, 5.74) is 2.06. The standard InChI is InChI=1S/C21H28N4O2/c26-21(16-18-5-7-19(8-6-18)25-12-2-9-22-25)24-11-3-10-23(13-14-24)17-20-4-1-15-27-20/h2,5-9,12,20H,1,3-4,10-11,13-17H2. The average Bonchev–Trinajstić information content (AvgIpc) is 3.34. The maximum atomic E-state index is 12.8. The minimum atomic E-state index is 0.223. The van der Waals surface area contributed by atoms with Crippen LogP contribution >= 0.6 is 0 Å². The lowest BCUT2D eigenvalue weighted by atomic mass is 10.1. The fourth-order valence-corrected chi connectivity index (χ4v) is 3.95. The predicted octanol–water partition coefficient (Wildman–Crippen LogP) is 2.13. The van der Waals surface area contributed by atoms with Gasteiger partial charge in [-0.3, -0.25) is 9.69 Å². The van der Waals surface area contributed by atoms with Crippen LogP contribution in [0.2, 0.25) is 0 Å². The van der Waals surface area contributed by atoms with Gasteiger partial charge in [-0.25, -0.2) is 4.68 Å². The summed E-state index contributed by atoms with van der Waals surface area (Å²) in [5.74, 6) is 0.223. The Kier molecular flexibility index (Phi) is 5.84. The van der Waals surface area contributed by atoms with Crippen LogP contribution in [0.25, 0.3) is 5.69 Å². The highest BCUT2D eigenvalue weighted by atomic mass is 16.5. The number of hydrogen-bond acceptors (Lipinski definition) is 4. The quantitative estimate of drug-likeness (QED) is 0.811. The van der Waals surface area contributed by atoms with Crippen molar-refractivity contribution >= 4 is 5.91 Å². The van der Waals surface area contributed by atoms with Crippen LogP contribution in [-0.4, -0.2) is 70.9 Å². The van der Waals surface area contributed by atoms with Gasteiger partial charge in [0, 0.05) is 45.2 Å². The molecule has 1 amide bonds. The summed E-state index contributed by atoms with van der Waals surface area (Å²) in [6.07, 6.45) is 7.93. The zero-order chi connectivity index (χ0) is 18.5. The molecule has 144 valence electrons. The van der Waals surface area contributed by atoms with Crippen molar-refractivity contribution in [1.82, 2.24) is 19.6 Å². The summed E-state index contributed by atoms with van der Waals surface area (Å²) in [6, 6.07) is 9.98. The van der Waals surface area contributed by atoms with Gasteiger partial charge in [0.15, 0.2) is 0 Å². The van der Waals surface area contributed by atoms with Gasteiger partial charge in [0.1, 0.15) is 0 Å². The van der Waals surface area contributed by atoms with Crippen molar-refractivity contribution in [3.05, 3.63) is 48.3 Å². The molecule has 27 heavy (non-hydrogen) atoms. The van der Waals surface area contributed by atoms with Crippen LogP contribution in [0, 0.1) is 0 Å². The van der Waals surface area contributed by atoms with E-state index >= 15 is 0 Å². The van der Waals surface area contributed by atoms with Crippen LogP contribution in [0.3, 0.4) is 0 Å². The second kappa shape index (κ2) is 8.67. The summed E-state index contributed by atoms with van der Waals surface area (Å²) >= 11 is 0. The van der Waals surface area contributed by atoms with E-state index in [0.717, 1.165) is 57.0 Å². The Morgan fingerprint density at radius 1 is 1.11 bits per heavy atom. The van der Waals surface area contributed by atoms with Crippen LogP contribution in [-0.2, 0) is 16.0 Å². The molecule has 1 atom stereocenters. The van der Waals surface area contributed by atoms with Gasteiger partial charge in [-0.1, -0.05) is 12.1 Å². The number of carbonyl (C=O) groups is 1. The molecule has 2 aromatic rings. The van der Waals surface area contributed by atoms with Gasteiger partial charge in [-0.2, -0.15) is 5.10 Å². The summed E-state index contributed by atoms with van der Waals surface area (Å²) < 4.78 is 7.58. The molecule has 2 aliphatic heterocycles. The predicted molar refractivity (Wildman–Crippen MR) is 104 cm³/mol. The molecule has 1 aromatic carbocycles. The van der Waals surface area contributed by atoms with Crippen molar-refractivity contribution in [3.63, 3.8) is 0 Å². The van der Waals surface area contributed by atoms with E-state index in [1.807, 2.05) is 46.1 Å². The number of amides is 1. The minimum Gasteiger partial charge on any atom is -0.377 e. The zero-order valence-corrected chi connectivity index (χ0v) is 15.8. The van der Waals surface area contributed by atoms with Crippen LogP contribution in [0.1, 0.15) is 24.8 Å². The molecule has 0 bridgehead atoms. The van der Waals surface area contributed by atoms with Crippen LogP contribution in [0.4, 0.5) is 0 Å². The van der Waals surface area contributed by atoms with Crippen molar-refractivity contribution in [2.75, 3.05) is 39.3 Å². The lowest BCUT2D eigenvalue weighted by molar-refractivity contribution is -0.130. The number of aromatic nitrogens is 2. The van der Waals surface area contributed by atoms with Crippen LogP contribution in [0.15, 0.2) is 42.7 Å². The molecular formula is C21H28N4O2. The second-order valence-electron chi connectivity index (χ2n) is 7.46. The highest BCUT2D eigenvalue weighted by Crippen LogP contribution is 2.15. The van der Waals surface area contributed by atoms with Crippen LogP contribution < -0.4 is 0 Å². The van der Waals surface area contributed by atoms with Gasteiger partial charge < -0.3 is 9.64 Å². The van der Waals surface area contributed by atoms with E-state index in [9.17, 15) is 4.79 Å². The summed E-state index contributed by atoms with van der Waals surface area (Å²) in [7, 11) is 0. The third-order valence-electron chi connectivity index (χ3n) is 5.49. The number of rotatable bonds is 5. The molecule has 4 rings (SSSR count). The van der Waals surface area contributed by atoms with E-state index in [1.165, 1.54) is 12.8 Å². The molecular weight excluding hydrogens is 340 g/mol. The Morgan fingerprint density at radius 3 is 2.74 bits per heavy atom. The fraction of sp³-hybridized carbons (Fsp3) is 0.524. The zero-order valence-electron chi connectivity index (χ0n) is 15.8. The Hall–Kier alpha value is -2.18. The van der Waals surface area contributed by atoms with Crippen molar-refractivity contribution in [2.45, 2.75) is 31.8 Å². The highest BCUT2D eigenvalue weighted by Gasteiger charge is 2.23. The first-order chi connectivity index (χ1) is 13.3. The Bertz CT molecular complexity index is 723. The lowest BCUT2D eigenvalue weighted by Gasteiger charge is -2.24. The average molecular weight is 368 g/mol. The molecule has 6 heteroatoms. The van der Waals surface area contributed by atoms with E-state index in [1.54, 1.807) is 6.20 Å². The number of ether oxygens (including phenoxy) is 1. The maximum Gasteiger partial charge on any atom is 0.227 e.